The summed E-state index contributed by atoms with van der Waals surface area (Å²) in [5, 5.41) is 5.48. The van der Waals surface area contributed by atoms with Gasteiger partial charge in [-0.25, -0.2) is 0 Å². The highest BCUT2D eigenvalue weighted by atomic mass is 16.5. The summed E-state index contributed by atoms with van der Waals surface area (Å²) in [5.41, 5.74) is 0. The Hall–Kier alpha value is -1.22. The summed E-state index contributed by atoms with van der Waals surface area (Å²) in [7, 11) is 0. The number of ether oxygens (including phenoxy) is 4. The molecule has 2 N–H and O–H groups in total. The molecule has 0 aliphatic carbocycles. The van der Waals surface area contributed by atoms with Crippen molar-refractivity contribution in [3.05, 3.63) is 0 Å². The first-order valence-electron chi connectivity index (χ1n) is 8.82. The minimum absolute atomic E-state index is 0.00923. The van der Waals surface area contributed by atoms with E-state index >= 15 is 0 Å². The minimum atomic E-state index is -0.143. The fourth-order valence-corrected chi connectivity index (χ4v) is 1.55. The van der Waals surface area contributed by atoms with E-state index in [1.165, 1.54) is 0 Å². The number of carbonyl (C=O) groups is 2. The number of hydrogen-bond acceptors (Lipinski definition) is 6. The molecule has 8 heteroatoms. The Balaban J connectivity index is 3.19. The Kier molecular flexibility index (Phi) is 15.5. The number of hydrogen-bond donors (Lipinski definition) is 2. The maximum Gasteiger partial charge on any atom is 0.246 e. The third-order valence-electron chi connectivity index (χ3n) is 2.93. The van der Waals surface area contributed by atoms with Crippen molar-refractivity contribution in [1.29, 1.82) is 0 Å². The zero-order valence-corrected chi connectivity index (χ0v) is 16.0. The zero-order valence-electron chi connectivity index (χ0n) is 16.0. The molecule has 0 spiro atoms. The summed E-state index contributed by atoms with van der Waals surface area (Å²) in [6.45, 7) is 11.3. The van der Waals surface area contributed by atoms with Gasteiger partial charge in [0.25, 0.3) is 0 Å². The molecule has 0 atom stereocenters. The fraction of sp³-hybridized carbons (Fsp3) is 0.882. The van der Waals surface area contributed by atoms with Crippen molar-refractivity contribution in [2.45, 2.75) is 33.8 Å². The van der Waals surface area contributed by atoms with Crippen LogP contribution >= 0.6 is 0 Å². The normalized spacial score (nSPS) is 11.1. The summed E-state index contributed by atoms with van der Waals surface area (Å²) >= 11 is 0. The molecule has 0 saturated carbocycles. The average molecular weight is 362 g/mol. The quantitative estimate of drug-likeness (QED) is 0.385. The van der Waals surface area contributed by atoms with Crippen LogP contribution in [-0.2, 0) is 28.5 Å². The minimum Gasteiger partial charge on any atom is -0.377 e. The Bertz CT molecular complexity index is 350. The molecule has 0 bridgehead atoms. The van der Waals surface area contributed by atoms with E-state index in [0.29, 0.717) is 52.7 Å². The molecule has 25 heavy (non-hydrogen) atoms. The number of carbonyl (C=O) groups excluding carboxylic acids is 2. The molecule has 0 aliphatic rings. The predicted molar refractivity (Wildman–Crippen MR) is 94.4 cm³/mol. The van der Waals surface area contributed by atoms with Gasteiger partial charge in [0.05, 0.1) is 45.7 Å². The third-order valence-corrected chi connectivity index (χ3v) is 2.93. The number of rotatable bonds is 16. The van der Waals surface area contributed by atoms with Crippen LogP contribution in [0.3, 0.4) is 0 Å². The van der Waals surface area contributed by atoms with Gasteiger partial charge in [-0.05, 0) is 13.8 Å². The monoisotopic (exact) mass is 362 g/mol. The van der Waals surface area contributed by atoms with Crippen LogP contribution < -0.4 is 10.6 Å². The van der Waals surface area contributed by atoms with Crippen molar-refractivity contribution in [3.63, 3.8) is 0 Å². The third kappa shape index (κ3) is 17.4. The van der Waals surface area contributed by atoms with Crippen molar-refractivity contribution >= 4 is 11.8 Å². The van der Waals surface area contributed by atoms with Gasteiger partial charge in [0, 0.05) is 19.0 Å². The first-order valence-corrected chi connectivity index (χ1v) is 8.82. The molecule has 0 radical (unpaired) electrons. The zero-order chi connectivity index (χ0) is 18.9. The lowest BCUT2D eigenvalue weighted by Gasteiger charge is -2.09. The highest BCUT2D eigenvalue weighted by Gasteiger charge is 2.04. The maximum absolute atomic E-state index is 11.3. The Morgan fingerprint density at radius 2 is 1.24 bits per heavy atom. The van der Waals surface area contributed by atoms with E-state index in [1.54, 1.807) is 0 Å². The second-order valence-electron chi connectivity index (χ2n) is 5.99. The molecule has 8 nitrogen and oxygen atoms in total. The molecule has 0 aliphatic heterocycles. The molecule has 0 rings (SSSR count). The molecular formula is C17H34N2O6. The number of amides is 2. The SMILES string of the molecule is CC(C)OCC(=O)NCCOCCOCCOCCNC(=O)C(C)C. The van der Waals surface area contributed by atoms with E-state index in [1.807, 2.05) is 27.7 Å². The largest absolute Gasteiger partial charge is 0.377 e. The van der Waals surface area contributed by atoms with E-state index in [4.69, 9.17) is 18.9 Å². The summed E-state index contributed by atoms with van der Waals surface area (Å²) in [5.74, 6) is -0.124. The first kappa shape index (κ1) is 23.8. The number of nitrogens with one attached hydrogen (secondary N) is 2. The summed E-state index contributed by atoms with van der Waals surface area (Å²) in [6, 6.07) is 0. The van der Waals surface area contributed by atoms with Crippen molar-refractivity contribution in [2.24, 2.45) is 5.92 Å². The Labute approximate surface area is 150 Å². The van der Waals surface area contributed by atoms with Gasteiger partial charge in [-0.3, -0.25) is 9.59 Å². The predicted octanol–water partition coefficient (Wildman–Crippen LogP) is 0.350. The molecule has 0 saturated heterocycles. The Morgan fingerprint density at radius 1 is 0.760 bits per heavy atom. The molecule has 148 valence electrons. The van der Waals surface area contributed by atoms with Gasteiger partial charge in [-0.2, -0.15) is 0 Å². The van der Waals surface area contributed by atoms with E-state index in [-0.39, 0.29) is 30.4 Å². The van der Waals surface area contributed by atoms with Gasteiger partial charge in [-0.15, -0.1) is 0 Å². The van der Waals surface area contributed by atoms with Crippen molar-refractivity contribution < 1.29 is 28.5 Å². The van der Waals surface area contributed by atoms with Gasteiger partial charge >= 0.3 is 0 Å². The molecule has 2 amide bonds. The fourth-order valence-electron chi connectivity index (χ4n) is 1.55. The molecule has 0 fully saturated rings. The van der Waals surface area contributed by atoms with Gasteiger partial charge in [0.15, 0.2) is 0 Å². The molecule has 0 aromatic rings. The molecule has 0 aromatic carbocycles. The van der Waals surface area contributed by atoms with Gasteiger partial charge in [0.2, 0.25) is 11.8 Å². The van der Waals surface area contributed by atoms with Crippen molar-refractivity contribution in [2.75, 3.05) is 59.3 Å². The van der Waals surface area contributed by atoms with Crippen LogP contribution in [0.4, 0.5) is 0 Å². The van der Waals surface area contributed by atoms with Gasteiger partial charge in [0.1, 0.15) is 6.61 Å². The highest BCUT2D eigenvalue weighted by molar-refractivity contribution is 5.77. The summed E-state index contributed by atoms with van der Waals surface area (Å²) < 4.78 is 21.2. The Morgan fingerprint density at radius 3 is 1.72 bits per heavy atom. The summed E-state index contributed by atoms with van der Waals surface area (Å²) in [6.07, 6.45) is 0.0434. The van der Waals surface area contributed by atoms with Crippen LogP contribution in [0.5, 0.6) is 0 Å². The lowest BCUT2D eigenvalue weighted by molar-refractivity contribution is -0.127. The average Bonchev–Trinajstić information content (AvgIpc) is 2.56. The van der Waals surface area contributed by atoms with E-state index < -0.39 is 0 Å². The molecule has 0 heterocycles. The lowest BCUT2D eigenvalue weighted by atomic mass is 10.2. The van der Waals surface area contributed by atoms with Crippen LogP contribution in [0.1, 0.15) is 27.7 Å². The van der Waals surface area contributed by atoms with Crippen LogP contribution in [0, 0.1) is 5.92 Å². The van der Waals surface area contributed by atoms with E-state index in [2.05, 4.69) is 10.6 Å². The van der Waals surface area contributed by atoms with Crippen LogP contribution in [0.25, 0.3) is 0 Å². The smallest absolute Gasteiger partial charge is 0.246 e. The van der Waals surface area contributed by atoms with Crippen LogP contribution in [0.2, 0.25) is 0 Å². The van der Waals surface area contributed by atoms with E-state index in [0.717, 1.165) is 0 Å². The second kappa shape index (κ2) is 16.3. The second-order valence-corrected chi connectivity index (χ2v) is 5.99. The van der Waals surface area contributed by atoms with Crippen molar-refractivity contribution in [3.8, 4) is 0 Å². The summed E-state index contributed by atoms with van der Waals surface area (Å²) in [4.78, 5) is 22.6. The standard InChI is InChI=1S/C17H34N2O6/c1-14(2)17(21)19-6-8-23-10-12-24-11-9-22-7-5-18-16(20)13-25-15(3)4/h14-15H,5-13H2,1-4H3,(H,18,20)(H,19,21). The molecular weight excluding hydrogens is 328 g/mol. The van der Waals surface area contributed by atoms with Crippen molar-refractivity contribution in [1.82, 2.24) is 10.6 Å². The van der Waals surface area contributed by atoms with Gasteiger partial charge < -0.3 is 29.6 Å². The molecule has 0 unspecified atom stereocenters. The topological polar surface area (TPSA) is 95.1 Å². The highest BCUT2D eigenvalue weighted by Crippen LogP contribution is 1.89. The van der Waals surface area contributed by atoms with Crippen LogP contribution in [-0.4, -0.2) is 77.3 Å². The maximum atomic E-state index is 11.3. The van der Waals surface area contributed by atoms with Gasteiger partial charge in [-0.1, -0.05) is 13.8 Å². The molecule has 0 aromatic heterocycles. The first-order chi connectivity index (χ1) is 11.9. The van der Waals surface area contributed by atoms with E-state index in [9.17, 15) is 9.59 Å². The van der Waals surface area contributed by atoms with Crippen LogP contribution in [0.15, 0.2) is 0 Å². The lowest BCUT2D eigenvalue weighted by Crippen LogP contribution is -2.31.